The molecule has 162 valence electrons. The fourth-order valence-electron chi connectivity index (χ4n) is 3.43. The molecule has 2 aromatic carbocycles. The molecule has 0 spiro atoms. The van der Waals surface area contributed by atoms with E-state index in [9.17, 15) is 14.0 Å². The second-order valence-electron chi connectivity index (χ2n) is 7.63. The Hall–Kier alpha value is -4.00. The summed E-state index contributed by atoms with van der Waals surface area (Å²) in [5, 5.41) is 3.01. The van der Waals surface area contributed by atoms with Crippen LogP contribution in [0.25, 0.3) is 5.57 Å². The van der Waals surface area contributed by atoms with Crippen LogP contribution >= 0.6 is 0 Å². The molecular weight excluding hydrogens is 409 g/mol. The number of nitrogens with zero attached hydrogens (tertiary/aromatic N) is 2. The number of aromatic nitrogens is 1. The van der Waals surface area contributed by atoms with Gasteiger partial charge in [0.25, 0.3) is 11.8 Å². The first kappa shape index (κ1) is 21.2. The van der Waals surface area contributed by atoms with Gasteiger partial charge in [0, 0.05) is 18.1 Å². The van der Waals surface area contributed by atoms with Crippen molar-refractivity contribution in [3.63, 3.8) is 0 Å². The van der Waals surface area contributed by atoms with Gasteiger partial charge in [-0.3, -0.25) is 19.5 Å². The van der Waals surface area contributed by atoms with Crippen LogP contribution in [0.3, 0.4) is 0 Å². The van der Waals surface area contributed by atoms with E-state index < -0.39 is 17.6 Å². The maximum atomic E-state index is 13.3. The lowest BCUT2D eigenvalue weighted by atomic mass is 10.0. The number of benzene rings is 2. The van der Waals surface area contributed by atoms with Gasteiger partial charge in [-0.1, -0.05) is 18.2 Å². The van der Waals surface area contributed by atoms with Crippen LogP contribution in [-0.2, 0) is 16.1 Å². The van der Waals surface area contributed by atoms with Crippen molar-refractivity contribution >= 4 is 23.1 Å². The number of imide groups is 1. The van der Waals surface area contributed by atoms with Crippen LogP contribution in [0.15, 0.2) is 78.8 Å². The maximum absolute atomic E-state index is 13.3. The molecule has 4 rings (SSSR count). The zero-order valence-corrected chi connectivity index (χ0v) is 17.7. The van der Waals surface area contributed by atoms with Gasteiger partial charge >= 0.3 is 0 Å². The zero-order chi connectivity index (χ0) is 22.7. The quantitative estimate of drug-likeness (QED) is 0.562. The lowest BCUT2D eigenvalue weighted by molar-refractivity contribution is -0.137. The average Bonchev–Trinajstić information content (AvgIpc) is 3.00. The average molecular weight is 431 g/mol. The van der Waals surface area contributed by atoms with Crippen LogP contribution < -0.4 is 10.1 Å². The molecule has 0 unspecified atom stereocenters. The lowest BCUT2D eigenvalue weighted by Crippen LogP contribution is -2.32. The van der Waals surface area contributed by atoms with Crippen molar-refractivity contribution in [1.29, 1.82) is 0 Å². The number of nitrogens with one attached hydrogen (secondary N) is 1. The van der Waals surface area contributed by atoms with E-state index in [0.29, 0.717) is 17.0 Å². The number of anilines is 1. The third kappa shape index (κ3) is 4.51. The molecule has 2 heterocycles. The molecule has 0 radical (unpaired) electrons. The highest BCUT2D eigenvalue weighted by Crippen LogP contribution is 2.32. The zero-order valence-electron chi connectivity index (χ0n) is 17.7. The number of halogens is 1. The molecule has 1 aliphatic rings. The number of ether oxygens (including phenoxy) is 1. The van der Waals surface area contributed by atoms with Crippen LogP contribution in [-0.4, -0.2) is 27.8 Å². The monoisotopic (exact) mass is 431 g/mol. The predicted octanol–water partition coefficient (Wildman–Crippen LogP) is 4.40. The number of hydrogen-bond acceptors (Lipinski definition) is 5. The van der Waals surface area contributed by atoms with Crippen molar-refractivity contribution in [2.45, 2.75) is 26.5 Å². The second kappa shape index (κ2) is 9.01. The van der Waals surface area contributed by atoms with Crippen LogP contribution in [0.4, 0.5) is 10.1 Å². The first-order chi connectivity index (χ1) is 15.4. The number of rotatable bonds is 7. The largest absolute Gasteiger partial charge is 0.491 e. The van der Waals surface area contributed by atoms with Crippen LogP contribution in [0.5, 0.6) is 5.75 Å². The lowest BCUT2D eigenvalue weighted by Gasteiger charge is -2.15. The van der Waals surface area contributed by atoms with E-state index in [1.165, 1.54) is 29.2 Å². The topological polar surface area (TPSA) is 71.5 Å². The van der Waals surface area contributed by atoms with Gasteiger partial charge in [0.1, 0.15) is 17.3 Å². The molecule has 1 aromatic heterocycles. The summed E-state index contributed by atoms with van der Waals surface area (Å²) in [6, 6.07) is 16.2. The Balaban J connectivity index is 1.71. The summed E-state index contributed by atoms with van der Waals surface area (Å²) in [5.74, 6) is -0.597. The van der Waals surface area contributed by atoms with E-state index in [-0.39, 0.29) is 23.9 Å². The molecule has 32 heavy (non-hydrogen) atoms. The Kier molecular flexibility index (Phi) is 5.98. The van der Waals surface area contributed by atoms with Gasteiger partial charge in [0.15, 0.2) is 0 Å². The van der Waals surface area contributed by atoms with Crippen molar-refractivity contribution < 1.29 is 18.7 Å². The number of hydrogen-bond donors (Lipinski definition) is 1. The van der Waals surface area contributed by atoms with Crippen LogP contribution in [0.2, 0.25) is 0 Å². The van der Waals surface area contributed by atoms with E-state index in [2.05, 4.69) is 10.3 Å². The molecule has 0 bridgehead atoms. The third-order valence-electron chi connectivity index (χ3n) is 4.86. The summed E-state index contributed by atoms with van der Waals surface area (Å²) in [4.78, 5) is 31.8. The van der Waals surface area contributed by atoms with Gasteiger partial charge in [-0.05, 0) is 67.4 Å². The first-order valence-corrected chi connectivity index (χ1v) is 10.2. The Bertz CT molecular complexity index is 1160. The first-order valence-electron chi connectivity index (χ1n) is 10.2. The summed E-state index contributed by atoms with van der Waals surface area (Å²) < 4.78 is 19.0. The van der Waals surface area contributed by atoms with Gasteiger partial charge in [-0.2, -0.15) is 0 Å². The summed E-state index contributed by atoms with van der Waals surface area (Å²) >= 11 is 0. The van der Waals surface area contributed by atoms with Crippen LogP contribution in [0.1, 0.15) is 25.0 Å². The molecule has 0 saturated carbocycles. The van der Waals surface area contributed by atoms with Crippen molar-refractivity contribution in [1.82, 2.24) is 9.88 Å². The summed E-state index contributed by atoms with van der Waals surface area (Å²) in [5.41, 5.74) is 2.21. The second-order valence-corrected chi connectivity index (χ2v) is 7.63. The summed E-state index contributed by atoms with van der Waals surface area (Å²) in [7, 11) is 0. The normalized spacial score (nSPS) is 13.8. The SMILES string of the molecule is CC(C)Oc1ccc(C2=C(Nc3ccc(F)cc3)C(=O)N(Cc3cccnc3)C2=O)cc1. The summed E-state index contributed by atoms with van der Waals surface area (Å²) in [6.45, 7) is 3.95. The van der Waals surface area contributed by atoms with Crippen molar-refractivity contribution in [3.05, 3.63) is 95.7 Å². The Labute approximate surface area is 185 Å². The molecule has 2 amide bonds. The number of pyridine rings is 1. The molecule has 7 heteroatoms. The molecule has 6 nitrogen and oxygen atoms in total. The highest BCUT2D eigenvalue weighted by Gasteiger charge is 2.39. The summed E-state index contributed by atoms with van der Waals surface area (Å²) in [6.07, 6.45) is 3.26. The molecule has 1 N–H and O–H groups in total. The van der Waals surface area contributed by atoms with Crippen molar-refractivity contribution in [3.8, 4) is 5.75 Å². The van der Waals surface area contributed by atoms with Crippen molar-refractivity contribution in [2.75, 3.05) is 5.32 Å². The Morgan fingerprint density at radius 3 is 2.34 bits per heavy atom. The highest BCUT2D eigenvalue weighted by atomic mass is 19.1. The number of carbonyl (C=O) groups is 2. The van der Waals surface area contributed by atoms with Crippen molar-refractivity contribution in [2.24, 2.45) is 0 Å². The predicted molar refractivity (Wildman–Crippen MR) is 119 cm³/mol. The van der Waals surface area contributed by atoms with Gasteiger partial charge in [-0.25, -0.2) is 4.39 Å². The van der Waals surface area contributed by atoms with E-state index >= 15 is 0 Å². The molecular formula is C25H22FN3O3. The molecule has 0 atom stereocenters. The third-order valence-corrected chi connectivity index (χ3v) is 4.86. The molecule has 0 saturated heterocycles. The van der Waals surface area contributed by atoms with E-state index in [1.807, 2.05) is 13.8 Å². The van der Waals surface area contributed by atoms with Gasteiger partial charge in [-0.15, -0.1) is 0 Å². The van der Waals surface area contributed by atoms with Gasteiger partial charge in [0.05, 0.1) is 18.2 Å². The van der Waals surface area contributed by atoms with Crippen LogP contribution in [0, 0.1) is 5.82 Å². The minimum Gasteiger partial charge on any atom is -0.491 e. The van der Waals surface area contributed by atoms with Gasteiger partial charge < -0.3 is 10.1 Å². The number of amides is 2. The number of carbonyl (C=O) groups excluding carboxylic acids is 2. The Morgan fingerprint density at radius 2 is 1.72 bits per heavy atom. The van der Waals surface area contributed by atoms with E-state index in [4.69, 9.17) is 4.74 Å². The molecule has 0 aliphatic carbocycles. The minimum absolute atomic E-state index is 0.0143. The maximum Gasteiger partial charge on any atom is 0.278 e. The fourth-order valence-corrected chi connectivity index (χ4v) is 3.43. The van der Waals surface area contributed by atoms with E-state index in [1.54, 1.807) is 48.8 Å². The minimum atomic E-state index is -0.458. The highest BCUT2D eigenvalue weighted by molar-refractivity contribution is 6.36. The molecule has 3 aromatic rings. The molecule has 1 aliphatic heterocycles. The standard InChI is InChI=1S/C25H22FN3O3/c1-16(2)32-21-11-5-18(6-12-21)22-23(28-20-9-7-19(26)8-10-20)25(31)29(24(22)30)15-17-4-3-13-27-14-17/h3-14,16,28H,15H2,1-2H3. The Morgan fingerprint density at radius 1 is 1.00 bits per heavy atom. The molecule has 0 fully saturated rings. The van der Waals surface area contributed by atoms with E-state index in [0.717, 1.165) is 5.56 Å². The smallest absolute Gasteiger partial charge is 0.278 e. The van der Waals surface area contributed by atoms with Gasteiger partial charge in [0.2, 0.25) is 0 Å². The fraction of sp³-hybridized carbons (Fsp3) is 0.160.